The van der Waals surface area contributed by atoms with Gasteiger partial charge in [-0.2, -0.15) is 0 Å². The lowest BCUT2D eigenvalue weighted by atomic mass is 10.1. The normalized spacial score (nSPS) is 11.4. The highest BCUT2D eigenvalue weighted by Gasteiger charge is 2.26. The van der Waals surface area contributed by atoms with Crippen molar-refractivity contribution in [1.82, 2.24) is 10.2 Å². The molecule has 0 saturated carbocycles. The van der Waals surface area contributed by atoms with Gasteiger partial charge in [-0.1, -0.05) is 40.2 Å². The number of benzene rings is 2. The fourth-order valence-electron chi connectivity index (χ4n) is 2.70. The van der Waals surface area contributed by atoms with Crippen LogP contribution in [0.3, 0.4) is 0 Å². The summed E-state index contributed by atoms with van der Waals surface area (Å²) in [5, 5.41) is 2.77. The van der Waals surface area contributed by atoms with Crippen molar-refractivity contribution in [2.24, 2.45) is 0 Å². The van der Waals surface area contributed by atoms with E-state index in [0.29, 0.717) is 24.6 Å². The number of amides is 2. The van der Waals surface area contributed by atoms with Crippen molar-refractivity contribution < 1.29 is 19.1 Å². The molecule has 0 unspecified atom stereocenters. The van der Waals surface area contributed by atoms with Gasteiger partial charge in [-0.25, -0.2) is 0 Å². The Kier molecular flexibility index (Phi) is 8.32. The third-order valence-electron chi connectivity index (χ3n) is 4.18. The van der Waals surface area contributed by atoms with Gasteiger partial charge in [-0.3, -0.25) is 9.59 Å². The maximum atomic E-state index is 12.9. The second kappa shape index (κ2) is 10.7. The fraction of sp³-hybridized carbons (Fsp3) is 0.333. The van der Waals surface area contributed by atoms with Crippen LogP contribution >= 0.6 is 15.9 Å². The van der Waals surface area contributed by atoms with Crippen LogP contribution in [-0.4, -0.2) is 43.0 Å². The average Bonchev–Trinajstić information content (AvgIpc) is 2.70. The first-order chi connectivity index (χ1) is 13.5. The molecule has 0 bridgehead atoms. The van der Waals surface area contributed by atoms with Gasteiger partial charge in [-0.15, -0.1) is 0 Å². The minimum Gasteiger partial charge on any atom is -0.493 e. The van der Waals surface area contributed by atoms with Gasteiger partial charge < -0.3 is 19.7 Å². The van der Waals surface area contributed by atoms with Gasteiger partial charge in [0.05, 0.1) is 7.11 Å². The summed E-state index contributed by atoms with van der Waals surface area (Å²) in [6.45, 7) is 4.16. The van der Waals surface area contributed by atoms with Crippen LogP contribution in [0.25, 0.3) is 0 Å². The maximum absolute atomic E-state index is 12.9. The van der Waals surface area contributed by atoms with Crippen molar-refractivity contribution in [2.75, 3.05) is 20.3 Å². The number of likely N-dealkylation sites (N-methyl/N-ethyl adjacent to an activating group) is 1. The third-order valence-corrected chi connectivity index (χ3v) is 4.67. The molecule has 0 aliphatic heterocycles. The highest BCUT2D eigenvalue weighted by Crippen LogP contribution is 2.26. The van der Waals surface area contributed by atoms with E-state index in [1.54, 1.807) is 32.2 Å². The van der Waals surface area contributed by atoms with Crippen LogP contribution < -0.4 is 14.8 Å². The van der Waals surface area contributed by atoms with Crippen LogP contribution in [0.1, 0.15) is 19.4 Å². The molecule has 0 radical (unpaired) electrons. The third kappa shape index (κ3) is 5.99. The predicted octanol–water partition coefficient (Wildman–Crippen LogP) is 3.39. The van der Waals surface area contributed by atoms with E-state index in [4.69, 9.17) is 9.47 Å². The van der Waals surface area contributed by atoms with E-state index in [0.717, 1.165) is 10.0 Å². The minimum absolute atomic E-state index is 0.196. The van der Waals surface area contributed by atoms with E-state index in [-0.39, 0.29) is 18.4 Å². The lowest BCUT2D eigenvalue weighted by Crippen LogP contribution is -2.49. The largest absolute Gasteiger partial charge is 0.493 e. The number of nitrogens with one attached hydrogen (secondary N) is 1. The first-order valence-electron chi connectivity index (χ1n) is 9.03. The van der Waals surface area contributed by atoms with E-state index in [9.17, 15) is 9.59 Å². The predicted molar refractivity (Wildman–Crippen MR) is 111 cm³/mol. The van der Waals surface area contributed by atoms with Crippen LogP contribution in [0.4, 0.5) is 0 Å². The molecule has 2 aromatic carbocycles. The molecule has 1 atom stereocenters. The van der Waals surface area contributed by atoms with E-state index in [1.807, 2.05) is 37.3 Å². The summed E-state index contributed by atoms with van der Waals surface area (Å²) in [5.41, 5.74) is 0.913. The highest BCUT2D eigenvalue weighted by atomic mass is 79.9. The molecule has 0 saturated heterocycles. The monoisotopic (exact) mass is 448 g/mol. The second-order valence-corrected chi connectivity index (χ2v) is 7.08. The molecule has 0 fully saturated rings. The minimum atomic E-state index is -0.632. The summed E-state index contributed by atoms with van der Waals surface area (Å²) in [7, 11) is 1.54. The molecule has 6 nitrogen and oxygen atoms in total. The lowest BCUT2D eigenvalue weighted by molar-refractivity contribution is -0.142. The standard InChI is InChI=1S/C21H25BrN2O4/c1-4-23-21(26)15(2)24(13-16-8-7-9-17(22)12-16)20(25)14-28-19-11-6-5-10-18(19)27-3/h5-12,15H,4,13-14H2,1-3H3,(H,23,26)/t15-/m1/s1. The van der Waals surface area contributed by atoms with Gasteiger partial charge in [0.1, 0.15) is 6.04 Å². The van der Waals surface area contributed by atoms with Crippen molar-refractivity contribution in [3.05, 3.63) is 58.6 Å². The molecular formula is C21H25BrN2O4. The maximum Gasteiger partial charge on any atom is 0.261 e. The molecule has 1 N–H and O–H groups in total. The van der Waals surface area contributed by atoms with Gasteiger partial charge in [0.15, 0.2) is 18.1 Å². The number of carbonyl (C=O) groups is 2. The molecule has 0 spiro atoms. The van der Waals surface area contributed by atoms with Gasteiger partial charge in [0.25, 0.3) is 5.91 Å². The fourth-order valence-corrected chi connectivity index (χ4v) is 3.14. The zero-order valence-corrected chi connectivity index (χ0v) is 17.9. The molecule has 0 aliphatic rings. The lowest BCUT2D eigenvalue weighted by Gasteiger charge is -2.28. The average molecular weight is 449 g/mol. The van der Waals surface area contributed by atoms with Crippen LogP contribution in [0, 0.1) is 0 Å². The molecule has 28 heavy (non-hydrogen) atoms. The summed E-state index contributed by atoms with van der Waals surface area (Å²) < 4.78 is 11.8. The van der Waals surface area contributed by atoms with Crippen LogP contribution in [0.5, 0.6) is 11.5 Å². The molecule has 150 valence electrons. The second-order valence-electron chi connectivity index (χ2n) is 6.16. The van der Waals surface area contributed by atoms with Gasteiger partial charge >= 0.3 is 0 Å². The van der Waals surface area contributed by atoms with Crippen LogP contribution in [0.2, 0.25) is 0 Å². The van der Waals surface area contributed by atoms with Gasteiger partial charge in [-0.05, 0) is 43.7 Å². The molecular weight excluding hydrogens is 424 g/mol. The number of methoxy groups -OCH3 is 1. The number of para-hydroxylation sites is 2. The van der Waals surface area contributed by atoms with E-state index < -0.39 is 6.04 Å². The summed E-state index contributed by atoms with van der Waals surface area (Å²) in [5.74, 6) is 0.532. The Morgan fingerprint density at radius 2 is 1.86 bits per heavy atom. The Morgan fingerprint density at radius 1 is 1.14 bits per heavy atom. The zero-order valence-electron chi connectivity index (χ0n) is 16.3. The van der Waals surface area contributed by atoms with Crippen molar-refractivity contribution >= 4 is 27.7 Å². The molecule has 2 rings (SSSR count). The molecule has 7 heteroatoms. The summed E-state index contributed by atoms with van der Waals surface area (Å²) in [6.07, 6.45) is 0. The number of hydrogen-bond donors (Lipinski definition) is 1. The van der Waals surface area contributed by atoms with Gasteiger partial charge in [0, 0.05) is 17.6 Å². The smallest absolute Gasteiger partial charge is 0.261 e. The van der Waals surface area contributed by atoms with Crippen LogP contribution in [-0.2, 0) is 16.1 Å². The number of nitrogens with zero attached hydrogens (tertiary/aromatic N) is 1. The van der Waals surface area contributed by atoms with E-state index in [1.165, 1.54) is 4.90 Å². The van der Waals surface area contributed by atoms with Crippen LogP contribution in [0.15, 0.2) is 53.0 Å². The van der Waals surface area contributed by atoms with Crippen molar-refractivity contribution in [3.8, 4) is 11.5 Å². The van der Waals surface area contributed by atoms with E-state index >= 15 is 0 Å². The Bertz CT molecular complexity index is 812. The highest BCUT2D eigenvalue weighted by molar-refractivity contribution is 9.10. The molecule has 0 aromatic heterocycles. The quantitative estimate of drug-likeness (QED) is 0.638. The first kappa shape index (κ1) is 21.8. The molecule has 0 aliphatic carbocycles. The Labute approximate surface area is 174 Å². The first-order valence-corrected chi connectivity index (χ1v) is 9.83. The van der Waals surface area contributed by atoms with E-state index in [2.05, 4.69) is 21.2 Å². The summed E-state index contributed by atoms with van der Waals surface area (Å²) in [6, 6.07) is 14.1. The number of halogens is 1. The summed E-state index contributed by atoms with van der Waals surface area (Å²) in [4.78, 5) is 26.8. The Balaban J connectivity index is 2.16. The number of carbonyl (C=O) groups excluding carboxylic acids is 2. The molecule has 2 amide bonds. The zero-order chi connectivity index (χ0) is 20.5. The van der Waals surface area contributed by atoms with Gasteiger partial charge in [0.2, 0.25) is 5.91 Å². The summed E-state index contributed by atoms with van der Waals surface area (Å²) >= 11 is 3.44. The molecule has 0 heterocycles. The van der Waals surface area contributed by atoms with Crippen molar-refractivity contribution in [2.45, 2.75) is 26.4 Å². The number of rotatable bonds is 9. The topological polar surface area (TPSA) is 67.9 Å². The SMILES string of the molecule is CCNC(=O)[C@@H](C)N(Cc1cccc(Br)c1)C(=O)COc1ccccc1OC. The van der Waals surface area contributed by atoms with Crippen molar-refractivity contribution in [3.63, 3.8) is 0 Å². The Hall–Kier alpha value is -2.54. The Morgan fingerprint density at radius 3 is 2.50 bits per heavy atom. The molecule has 2 aromatic rings. The number of ether oxygens (including phenoxy) is 2. The van der Waals surface area contributed by atoms with Crippen molar-refractivity contribution in [1.29, 1.82) is 0 Å². The number of hydrogen-bond acceptors (Lipinski definition) is 4.